The van der Waals surface area contributed by atoms with Gasteiger partial charge in [0.15, 0.2) is 11.5 Å². The Balaban J connectivity index is 1.78. The summed E-state index contributed by atoms with van der Waals surface area (Å²) in [6.45, 7) is 5.56. The van der Waals surface area contributed by atoms with Gasteiger partial charge in [-0.25, -0.2) is 0 Å². The standard InChI is InChI=1S/C22H26BrNO3/c1-4-26-19-12-14(11-17(23)22(19)25-3)20-15-6-5-9-27-21(15)16-10-13(2)7-8-18(16)24-20/h7-8,10-12,15,20-21,24H,4-6,9H2,1-3H3/t15-,20+,21-/m0/s1. The van der Waals surface area contributed by atoms with E-state index in [0.717, 1.165) is 35.4 Å². The van der Waals surface area contributed by atoms with Crippen LogP contribution in [0.25, 0.3) is 0 Å². The SMILES string of the molecule is CCOc1cc([C@H]2Nc3ccc(C)cc3[C@H]3OCCC[C@@H]23)cc(Br)c1OC. The number of benzene rings is 2. The zero-order valence-electron chi connectivity index (χ0n) is 16.0. The van der Waals surface area contributed by atoms with E-state index in [1.165, 1.54) is 22.4 Å². The molecule has 0 unspecified atom stereocenters. The van der Waals surface area contributed by atoms with Crippen molar-refractivity contribution in [3.8, 4) is 11.5 Å². The zero-order chi connectivity index (χ0) is 19.0. The van der Waals surface area contributed by atoms with Crippen molar-refractivity contribution in [1.29, 1.82) is 0 Å². The largest absolute Gasteiger partial charge is 0.492 e. The number of ether oxygens (including phenoxy) is 3. The first-order valence-electron chi connectivity index (χ1n) is 9.61. The molecule has 4 rings (SSSR count). The van der Waals surface area contributed by atoms with E-state index in [1.807, 2.05) is 6.92 Å². The predicted molar refractivity (Wildman–Crippen MR) is 111 cm³/mol. The number of fused-ring (bicyclic) bond motifs is 3. The lowest BCUT2D eigenvalue weighted by Gasteiger charge is -2.43. The molecule has 1 N–H and O–H groups in total. The van der Waals surface area contributed by atoms with Crippen molar-refractivity contribution in [1.82, 2.24) is 0 Å². The van der Waals surface area contributed by atoms with Gasteiger partial charge >= 0.3 is 0 Å². The number of hydrogen-bond acceptors (Lipinski definition) is 4. The molecule has 27 heavy (non-hydrogen) atoms. The number of methoxy groups -OCH3 is 1. The van der Waals surface area contributed by atoms with Crippen LogP contribution in [-0.2, 0) is 4.74 Å². The fourth-order valence-electron chi connectivity index (χ4n) is 4.35. The van der Waals surface area contributed by atoms with Gasteiger partial charge in [0.05, 0.1) is 30.3 Å². The number of hydrogen-bond donors (Lipinski definition) is 1. The van der Waals surface area contributed by atoms with Gasteiger partial charge in [-0.05, 0) is 66.4 Å². The predicted octanol–water partition coefficient (Wildman–Crippen LogP) is 5.80. The fourth-order valence-corrected chi connectivity index (χ4v) is 4.97. The van der Waals surface area contributed by atoms with Crippen LogP contribution in [0.2, 0.25) is 0 Å². The summed E-state index contributed by atoms with van der Waals surface area (Å²) < 4.78 is 18.6. The third kappa shape index (κ3) is 3.43. The Labute approximate surface area is 169 Å². The van der Waals surface area contributed by atoms with Crippen LogP contribution < -0.4 is 14.8 Å². The maximum atomic E-state index is 6.26. The molecule has 2 aliphatic rings. The third-order valence-electron chi connectivity index (χ3n) is 5.52. The Hall–Kier alpha value is -1.72. The number of aryl methyl sites for hydroxylation is 1. The smallest absolute Gasteiger partial charge is 0.174 e. The van der Waals surface area contributed by atoms with E-state index in [2.05, 4.69) is 58.5 Å². The summed E-state index contributed by atoms with van der Waals surface area (Å²) in [4.78, 5) is 0. The molecule has 0 bridgehead atoms. The molecule has 2 aromatic rings. The normalized spacial score (nSPS) is 23.8. The van der Waals surface area contributed by atoms with Crippen LogP contribution in [0.3, 0.4) is 0 Å². The molecule has 1 saturated heterocycles. The van der Waals surface area contributed by atoms with Crippen LogP contribution in [0, 0.1) is 12.8 Å². The van der Waals surface area contributed by atoms with Crippen molar-refractivity contribution in [2.75, 3.05) is 25.6 Å². The van der Waals surface area contributed by atoms with Crippen LogP contribution in [0.5, 0.6) is 11.5 Å². The summed E-state index contributed by atoms with van der Waals surface area (Å²) >= 11 is 3.66. The van der Waals surface area contributed by atoms with Gasteiger partial charge in [0.2, 0.25) is 0 Å². The molecular weight excluding hydrogens is 406 g/mol. The van der Waals surface area contributed by atoms with Gasteiger partial charge in [-0.3, -0.25) is 0 Å². The molecule has 0 aliphatic carbocycles. The summed E-state index contributed by atoms with van der Waals surface area (Å²) in [6, 6.07) is 11.0. The topological polar surface area (TPSA) is 39.7 Å². The van der Waals surface area contributed by atoms with E-state index in [-0.39, 0.29) is 12.1 Å². The summed E-state index contributed by atoms with van der Waals surface area (Å²) in [5.41, 5.74) is 4.91. The van der Waals surface area contributed by atoms with Crippen molar-refractivity contribution in [3.63, 3.8) is 0 Å². The zero-order valence-corrected chi connectivity index (χ0v) is 17.6. The first-order valence-corrected chi connectivity index (χ1v) is 10.4. The summed E-state index contributed by atoms with van der Waals surface area (Å²) in [5, 5.41) is 3.78. The summed E-state index contributed by atoms with van der Waals surface area (Å²) in [5.74, 6) is 1.90. The second-order valence-electron chi connectivity index (χ2n) is 7.28. The maximum absolute atomic E-state index is 6.26. The molecule has 1 fully saturated rings. The summed E-state index contributed by atoms with van der Waals surface area (Å²) in [6.07, 6.45) is 2.37. The van der Waals surface area contributed by atoms with Crippen molar-refractivity contribution >= 4 is 21.6 Å². The van der Waals surface area contributed by atoms with E-state index in [1.54, 1.807) is 7.11 Å². The molecule has 0 saturated carbocycles. The Kier molecular flexibility index (Phi) is 5.33. The van der Waals surface area contributed by atoms with Crippen LogP contribution in [-0.4, -0.2) is 20.3 Å². The second-order valence-corrected chi connectivity index (χ2v) is 8.13. The van der Waals surface area contributed by atoms with Crippen LogP contribution in [0.15, 0.2) is 34.8 Å². The highest BCUT2D eigenvalue weighted by Gasteiger charge is 2.40. The first-order chi connectivity index (χ1) is 13.1. The van der Waals surface area contributed by atoms with E-state index in [9.17, 15) is 0 Å². The molecule has 2 aromatic carbocycles. The molecule has 2 heterocycles. The number of nitrogens with one attached hydrogen (secondary N) is 1. The molecule has 144 valence electrons. The van der Waals surface area contributed by atoms with Gasteiger partial charge in [-0.2, -0.15) is 0 Å². The lowest BCUT2D eigenvalue weighted by atomic mass is 9.77. The Morgan fingerprint density at radius 2 is 2.11 bits per heavy atom. The quantitative estimate of drug-likeness (QED) is 0.663. The van der Waals surface area contributed by atoms with Crippen LogP contribution in [0.4, 0.5) is 5.69 Å². The molecule has 5 heteroatoms. The van der Waals surface area contributed by atoms with Crippen LogP contribution >= 0.6 is 15.9 Å². The van der Waals surface area contributed by atoms with E-state index >= 15 is 0 Å². The van der Waals surface area contributed by atoms with Gasteiger partial charge in [0.1, 0.15) is 0 Å². The minimum absolute atomic E-state index is 0.135. The van der Waals surface area contributed by atoms with Gasteiger partial charge in [-0.15, -0.1) is 0 Å². The fraction of sp³-hybridized carbons (Fsp3) is 0.455. The van der Waals surface area contributed by atoms with Crippen molar-refractivity contribution in [3.05, 3.63) is 51.5 Å². The van der Waals surface area contributed by atoms with Crippen LogP contribution in [0.1, 0.15) is 48.6 Å². The molecule has 3 atom stereocenters. The molecule has 2 aliphatic heterocycles. The molecule has 0 amide bonds. The minimum atomic E-state index is 0.135. The number of anilines is 1. The number of halogens is 1. The van der Waals surface area contributed by atoms with Crippen molar-refractivity contribution in [2.45, 2.75) is 38.8 Å². The average molecular weight is 432 g/mol. The lowest BCUT2D eigenvalue weighted by Crippen LogP contribution is -2.36. The van der Waals surface area contributed by atoms with Gasteiger partial charge < -0.3 is 19.5 Å². The molecule has 0 radical (unpaired) electrons. The summed E-state index contributed by atoms with van der Waals surface area (Å²) in [7, 11) is 1.67. The minimum Gasteiger partial charge on any atom is -0.492 e. The van der Waals surface area contributed by atoms with E-state index in [0.29, 0.717) is 12.5 Å². The Morgan fingerprint density at radius 1 is 1.26 bits per heavy atom. The highest BCUT2D eigenvalue weighted by molar-refractivity contribution is 9.10. The Morgan fingerprint density at radius 3 is 2.89 bits per heavy atom. The molecular formula is C22H26BrNO3. The average Bonchev–Trinajstić information content (AvgIpc) is 2.67. The Bertz CT molecular complexity index is 839. The lowest BCUT2D eigenvalue weighted by molar-refractivity contribution is -0.0381. The van der Waals surface area contributed by atoms with Gasteiger partial charge in [0, 0.05) is 23.8 Å². The highest BCUT2D eigenvalue weighted by Crippen LogP contribution is 2.50. The number of rotatable bonds is 4. The second kappa shape index (κ2) is 7.72. The molecule has 0 spiro atoms. The monoisotopic (exact) mass is 431 g/mol. The van der Waals surface area contributed by atoms with Crippen molar-refractivity contribution < 1.29 is 14.2 Å². The van der Waals surface area contributed by atoms with E-state index < -0.39 is 0 Å². The van der Waals surface area contributed by atoms with E-state index in [4.69, 9.17) is 14.2 Å². The van der Waals surface area contributed by atoms with Crippen molar-refractivity contribution in [2.24, 2.45) is 5.92 Å². The third-order valence-corrected chi connectivity index (χ3v) is 6.10. The van der Waals surface area contributed by atoms with Gasteiger partial charge in [0.25, 0.3) is 0 Å². The highest BCUT2D eigenvalue weighted by atomic mass is 79.9. The van der Waals surface area contributed by atoms with Gasteiger partial charge in [-0.1, -0.05) is 17.7 Å². The molecule has 0 aromatic heterocycles. The molecule has 4 nitrogen and oxygen atoms in total. The maximum Gasteiger partial charge on any atom is 0.174 e. The first kappa shape index (κ1) is 18.6.